The van der Waals surface area contributed by atoms with Gasteiger partial charge in [-0.05, 0) is 25.2 Å². The lowest BCUT2D eigenvalue weighted by Gasteiger charge is -2.39. The molecule has 9 nitrogen and oxygen atoms in total. The number of carbonyl (C=O) groups excluding carboxylic acids is 1. The molecule has 2 fully saturated rings. The lowest BCUT2D eigenvalue weighted by atomic mass is 9.89. The van der Waals surface area contributed by atoms with Crippen LogP contribution in [0.5, 0.6) is 0 Å². The van der Waals surface area contributed by atoms with Crippen LogP contribution in [-0.4, -0.2) is 81.2 Å². The molecule has 1 heterocycles. The molecule has 0 amide bonds. The molecule has 1 saturated heterocycles. The van der Waals surface area contributed by atoms with Crippen molar-refractivity contribution in [3.05, 3.63) is 12.2 Å². The highest BCUT2D eigenvalue weighted by Gasteiger charge is 2.43. The van der Waals surface area contributed by atoms with Crippen LogP contribution in [0.1, 0.15) is 32.1 Å². The lowest BCUT2D eigenvalue weighted by Crippen LogP contribution is -2.59. The van der Waals surface area contributed by atoms with E-state index in [1.165, 1.54) is 0 Å². The highest BCUT2D eigenvalue weighted by molar-refractivity contribution is 5.84. The summed E-state index contributed by atoms with van der Waals surface area (Å²) in [6.07, 6.45) is -0.898. The maximum atomic E-state index is 11.9. The molecule has 9 heteroatoms. The summed E-state index contributed by atoms with van der Waals surface area (Å²) < 4.78 is 10.6. The normalized spacial score (nSPS) is 37.2. The Morgan fingerprint density at radius 1 is 1.19 bits per heavy atom. The number of ketones is 1. The summed E-state index contributed by atoms with van der Waals surface area (Å²) in [5.74, 6) is -1.17. The van der Waals surface area contributed by atoms with Gasteiger partial charge >= 0.3 is 5.97 Å². The topological polar surface area (TPSA) is 154 Å². The van der Waals surface area contributed by atoms with Gasteiger partial charge in [-0.2, -0.15) is 0 Å². The molecule has 0 aromatic carbocycles. The minimum absolute atomic E-state index is 0.00443. The zero-order valence-corrected chi connectivity index (χ0v) is 15.0. The molecule has 5 N–H and O–H groups in total. The van der Waals surface area contributed by atoms with Crippen LogP contribution in [0.25, 0.3) is 0 Å². The molecule has 1 aliphatic heterocycles. The molecule has 1 saturated carbocycles. The Morgan fingerprint density at radius 3 is 2.59 bits per heavy atom. The summed E-state index contributed by atoms with van der Waals surface area (Å²) in [5.41, 5.74) is 0. The van der Waals surface area contributed by atoms with Gasteiger partial charge < -0.3 is 35.0 Å². The highest BCUT2D eigenvalue weighted by atomic mass is 16.7. The molecule has 0 radical (unpaired) electrons. The summed E-state index contributed by atoms with van der Waals surface area (Å²) in [6, 6.07) is 0. The highest BCUT2D eigenvalue weighted by Crippen LogP contribution is 2.34. The second-order valence-corrected chi connectivity index (χ2v) is 7.03. The zero-order chi connectivity index (χ0) is 20.0. The van der Waals surface area contributed by atoms with Crippen LogP contribution >= 0.6 is 0 Å². The number of allylic oxidation sites excluding steroid dienone is 1. The van der Waals surface area contributed by atoms with Crippen LogP contribution in [0.4, 0.5) is 0 Å². The Morgan fingerprint density at radius 2 is 1.93 bits per heavy atom. The Hall–Kier alpha value is -1.36. The van der Waals surface area contributed by atoms with E-state index in [2.05, 4.69) is 0 Å². The van der Waals surface area contributed by atoms with E-state index in [4.69, 9.17) is 19.7 Å². The van der Waals surface area contributed by atoms with Crippen molar-refractivity contribution in [1.82, 2.24) is 0 Å². The molecule has 2 rings (SSSR count). The maximum Gasteiger partial charge on any atom is 0.303 e. The minimum Gasteiger partial charge on any atom is -0.481 e. The van der Waals surface area contributed by atoms with Crippen LogP contribution in [0.3, 0.4) is 0 Å². The quantitative estimate of drug-likeness (QED) is 0.252. The van der Waals surface area contributed by atoms with Crippen molar-refractivity contribution in [3.8, 4) is 0 Å². The van der Waals surface area contributed by atoms with Crippen molar-refractivity contribution < 1.29 is 44.6 Å². The summed E-state index contributed by atoms with van der Waals surface area (Å²) in [6.45, 7) is -0.353. The standard InChI is InChI=1S/C18H28O9/c19-9-13-15(23)16(24)17(25)18(27-13)26-7-3-1-2-4-11-10(8-14(21)22)5-6-12(11)20/h1-2,10-11,13,15-19,23-25H,3-9H2,(H,21,22)/t10?,11?,13-,15-,16+,17-,18-/m1/s1. The fourth-order valence-electron chi connectivity index (χ4n) is 3.59. The third-order valence-electron chi connectivity index (χ3n) is 5.15. The third kappa shape index (κ3) is 5.81. The minimum atomic E-state index is -1.48. The number of rotatable bonds is 9. The summed E-state index contributed by atoms with van der Waals surface area (Å²) in [5, 5.41) is 47.3. The largest absolute Gasteiger partial charge is 0.481 e. The van der Waals surface area contributed by atoms with Gasteiger partial charge in [-0.1, -0.05) is 12.2 Å². The SMILES string of the molecule is O=C(O)CC1CCC(=O)C1CC=CCCO[C@@H]1O[C@H](CO)[C@@H](O)[C@H](O)[C@H]1O. The van der Waals surface area contributed by atoms with Gasteiger partial charge in [-0.15, -0.1) is 0 Å². The van der Waals surface area contributed by atoms with Crippen molar-refractivity contribution in [2.24, 2.45) is 11.8 Å². The Bertz CT molecular complexity index is 533. The zero-order valence-electron chi connectivity index (χ0n) is 15.0. The Balaban J connectivity index is 1.73. The maximum absolute atomic E-state index is 11.9. The van der Waals surface area contributed by atoms with E-state index in [0.717, 1.165) is 0 Å². The van der Waals surface area contributed by atoms with Crippen molar-refractivity contribution in [3.63, 3.8) is 0 Å². The first kappa shape index (κ1) is 21.9. The number of carboxylic acids is 1. The first-order chi connectivity index (χ1) is 12.8. The number of aliphatic carboxylic acids is 1. The van der Waals surface area contributed by atoms with Gasteiger partial charge in [-0.3, -0.25) is 9.59 Å². The molecule has 1 aliphatic carbocycles. The smallest absolute Gasteiger partial charge is 0.303 e. The number of carbonyl (C=O) groups is 2. The van der Waals surface area contributed by atoms with E-state index in [1.807, 2.05) is 6.08 Å². The fourth-order valence-corrected chi connectivity index (χ4v) is 3.59. The van der Waals surface area contributed by atoms with E-state index in [-0.39, 0.29) is 30.6 Å². The van der Waals surface area contributed by atoms with Gasteiger partial charge in [0.05, 0.1) is 13.2 Å². The average Bonchev–Trinajstić information content (AvgIpc) is 2.96. The van der Waals surface area contributed by atoms with Crippen LogP contribution in [0, 0.1) is 11.8 Å². The number of hydrogen-bond donors (Lipinski definition) is 5. The van der Waals surface area contributed by atoms with E-state index in [9.17, 15) is 24.9 Å². The molecule has 0 spiro atoms. The van der Waals surface area contributed by atoms with Crippen molar-refractivity contribution in [2.75, 3.05) is 13.2 Å². The predicted molar refractivity (Wildman–Crippen MR) is 91.6 cm³/mol. The van der Waals surface area contributed by atoms with Crippen molar-refractivity contribution >= 4 is 11.8 Å². The number of Topliss-reactive ketones (excluding diaryl/α,β-unsaturated/α-hetero) is 1. The molecular weight excluding hydrogens is 360 g/mol. The number of carboxylic acid groups (broad SMARTS) is 1. The van der Waals surface area contributed by atoms with Gasteiger partial charge in [0.1, 0.15) is 30.2 Å². The predicted octanol–water partition coefficient (Wildman–Crippen LogP) is -0.791. The number of ether oxygens (including phenoxy) is 2. The van der Waals surface area contributed by atoms with E-state index in [0.29, 0.717) is 25.7 Å². The van der Waals surface area contributed by atoms with Gasteiger partial charge in [0, 0.05) is 18.8 Å². The monoisotopic (exact) mass is 388 g/mol. The number of aliphatic hydroxyl groups excluding tert-OH is 4. The summed E-state index contributed by atoms with van der Waals surface area (Å²) in [7, 11) is 0. The van der Waals surface area contributed by atoms with Gasteiger partial charge in [0.25, 0.3) is 0 Å². The summed E-state index contributed by atoms with van der Waals surface area (Å²) >= 11 is 0. The molecular formula is C18H28O9. The van der Waals surface area contributed by atoms with Crippen LogP contribution in [0.2, 0.25) is 0 Å². The third-order valence-corrected chi connectivity index (χ3v) is 5.15. The van der Waals surface area contributed by atoms with E-state index >= 15 is 0 Å². The van der Waals surface area contributed by atoms with Crippen molar-refractivity contribution in [2.45, 2.75) is 62.8 Å². The van der Waals surface area contributed by atoms with Crippen molar-refractivity contribution in [1.29, 1.82) is 0 Å². The summed E-state index contributed by atoms with van der Waals surface area (Å²) in [4.78, 5) is 22.7. The first-order valence-corrected chi connectivity index (χ1v) is 9.16. The molecule has 27 heavy (non-hydrogen) atoms. The Kier molecular flexibility index (Phi) is 8.33. The Labute approximate surface area is 157 Å². The van der Waals surface area contributed by atoms with Crippen LogP contribution in [0.15, 0.2) is 12.2 Å². The second kappa shape index (κ2) is 10.3. The molecule has 0 aromatic rings. The van der Waals surface area contributed by atoms with Crippen LogP contribution in [-0.2, 0) is 19.1 Å². The molecule has 0 aromatic heterocycles. The van der Waals surface area contributed by atoms with Crippen LogP contribution < -0.4 is 0 Å². The first-order valence-electron chi connectivity index (χ1n) is 9.16. The second-order valence-electron chi connectivity index (χ2n) is 7.03. The molecule has 154 valence electrons. The molecule has 2 aliphatic rings. The average molecular weight is 388 g/mol. The lowest BCUT2D eigenvalue weighted by molar-refractivity contribution is -0.300. The van der Waals surface area contributed by atoms with Gasteiger partial charge in [-0.25, -0.2) is 0 Å². The molecule has 0 bridgehead atoms. The number of aliphatic hydroxyl groups is 4. The molecule has 2 unspecified atom stereocenters. The van der Waals surface area contributed by atoms with E-state index in [1.54, 1.807) is 6.08 Å². The van der Waals surface area contributed by atoms with Gasteiger partial charge in [0.15, 0.2) is 6.29 Å². The number of hydrogen-bond acceptors (Lipinski definition) is 8. The fraction of sp³-hybridized carbons (Fsp3) is 0.778. The van der Waals surface area contributed by atoms with E-state index < -0.39 is 43.3 Å². The molecule has 7 atom stereocenters. The van der Waals surface area contributed by atoms with Gasteiger partial charge in [0.2, 0.25) is 0 Å².